The molecule has 1 rings (SSSR count). The van der Waals surface area contributed by atoms with Crippen molar-refractivity contribution in [3.8, 4) is 0 Å². The molecule has 0 radical (unpaired) electrons. The summed E-state index contributed by atoms with van der Waals surface area (Å²) in [4.78, 5) is 12.1. The van der Waals surface area contributed by atoms with Crippen LogP contribution in [0.2, 0.25) is 0 Å². The summed E-state index contributed by atoms with van der Waals surface area (Å²) in [6.45, 7) is 14.1. The van der Waals surface area contributed by atoms with Crippen molar-refractivity contribution in [1.82, 2.24) is 0 Å². The van der Waals surface area contributed by atoms with Crippen molar-refractivity contribution in [3.05, 3.63) is 34.4 Å². The molecule has 1 aromatic rings. The van der Waals surface area contributed by atoms with E-state index in [4.69, 9.17) is 11.6 Å². The Kier molecular flexibility index (Phi) is 4.51. The van der Waals surface area contributed by atoms with Gasteiger partial charge in [0.15, 0.2) is 5.78 Å². The van der Waals surface area contributed by atoms with Gasteiger partial charge in [-0.25, -0.2) is 0 Å². The standard InChI is InChI=1S/C17H25ClO/c1-11-8-13(3)14(9-12(11)2)15(19)10-16(4,5)17(6,7)18/h8-9H,10H2,1-7H3. The first kappa shape index (κ1) is 16.2. The molecule has 0 aliphatic carbocycles. The minimum atomic E-state index is -0.406. The molecule has 0 aliphatic heterocycles. The van der Waals surface area contributed by atoms with Crippen molar-refractivity contribution in [2.75, 3.05) is 0 Å². The molecule has 1 aromatic carbocycles. The zero-order valence-electron chi connectivity index (χ0n) is 13.1. The fourth-order valence-electron chi connectivity index (χ4n) is 1.97. The molecule has 0 unspecified atom stereocenters. The number of carbonyl (C=O) groups is 1. The van der Waals surface area contributed by atoms with Gasteiger partial charge < -0.3 is 0 Å². The van der Waals surface area contributed by atoms with Crippen LogP contribution < -0.4 is 0 Å². The van der Waals surface area contributed by atoms with Crippen molar-refractivity contribution in [2.24, 2.45) is 5.41 Å². The highest BCUT2D eigenvalue weighted by atomic mass is 35.5. The third-order valence-corrected chi connectivity index (χ3v) is 4.86. The van der Waals surface area contributed by atoms with E-state index < -0.39 is 4.87 Å². The number of aryl methyl sites for hydroxylation is 3. The topological polar surface area (TPSA) is 17.1 Å². The van der Waals surface area contributed by atoms with Crippen molar-refractivity contribution in [2.45, 2.75) is 59.8 Å². The number of carbonyl (C=O) groups excluding carboxylic acids is 1. The summed E-state index contributed by atoms with van der Waals surface area (Å²) in [7, 11) is 0. The molecule has 2 heteroatoms. The van der Waals surface area contributed by atoms with Crippen LogP contribution in [0.1, 0.15) is 61.2 Å². The van der Waals surface area contributed by atoms with Crippen LogP contribution in [0.4, 0.5) is 0 Å². The quantitative estimate of drug-likeness (QED) is 0.545. The maximum atomic E-state index is 12.5. The third kappa shape index (κ3) is 3.60. The molecule has 106 valence electrons. The van der Waals surface area contributed by atoms with Crippen LogP contribution in [0, 0.1) is 26.2 Å². The molecule has 0 fully saturated rings. The normalized spacial score (nSPS) is 12.6. The molecule has 1 nitrogen and oxygen atoms in total. The predicted molar refractivity (Wildman–Crippen MR) is 83.3 cm³/mol. The van der Waals surface area contributed by atoms with Crippen molar-refractivity contribution in [3.63, 3.8) is 0 Å². The fraction of sp³-hybridized carbons (Fsp3) is 0.588. The molecular weight excluding hydrogens is 256 g/mol. The van der Waals surface area contributed by atoms with Crippen molar-refractivity contribution in [1.29, 1.82) is 0 Å². The molecule has 0 amide bonds. The Labute approximate surface area is 122 Å². The average molecular weight is 281 g/mol. The smallest absolute Gasteiger partial charge is 0.163 e. The summed E-state index contributed by atoms with van der Waals surface area (Å²) >= 11 is 6.40. The number of rotatable bonds is 4. The van der Waals surface area contributed by atoms with E-state index in [2.05, 4.69) is 13.0 Å². The lowest BCUT2D eigenvalue weighted by Gasteiger charge is -2.36. The Balaban J connectivity index is 3.06. The molecule has 19 heavy (non-hydrogen) atoms. The zero-order chi connectivity index (χ0) is 15.0. The number of halogens is 1. The predicted octanol–water partition coefficient (Wildman–Crippen LogP) is 5.23. The second-order valence-corrected chi connectivity index (χ2v) is 7.65. The molecule has 0 heterocycles. The lowest BCUT2D eigenvalue weighted by atomic mass is 9.75. The van der Waals surface area contributed by atoms with Gasteiger partial charge in [-0.3, -0.25) is 4.79 Å². The van der Waals surface area contributed by atoms with Gasteiger partial charge in [0, 0.05) is 16.9 Å². The van der Waals surface area contributed by atoms with E-state index in [9.17, 15) is 4.79 Å². The van der Waals surface area contributed by atoms with Crippen LogP contribution in [0.25, 0.3) is 0 Å². The Morgan fingerprint density at radius 1 is 1.00 bits per heavy atom. The van der Waals surface area contributed by atoms with E-state index in [-0.39, 0.29) is 11.2 Å². The van der Waals surface area contributed by atoms with E-state index >= 15 is 0 Å². The first-order valence-corrected chi connectivity index (χ1v) is 7.13. The molecule has 0 saturated carbocycles. The van der Waals surface area contributed by atoms with E-state index in [1.165, 1.54) is 5.56 Å². The number of benzene rings is 1. The Morgan fingerprint density at radius 3 is 1.95 bits per heavy atom. The van der Waals surface area contributed by atoms with Gasteiger partial charge in [-0.2, -0.15) is 0 Å². The van der Waals surface area contributed by atoms with Crippen molar-refractivity contribution >= 4 is 17.4 Å². The number of hydrogen-bond donors (Lipinski definition) is 0. The van der Waals surface area contributed by atoms with E-state index in [1.54, 1.807) is 0 Å². The molecule has 0 aromatic heterocycles. The molecule has 0 atom stereocenters. The second kappa shape index (κ2) is 5.28. The van der Waals surface area contributed by atoms with Gasteiger partial charge in [-0.05, 0) is 62.8 Å². The van der Waals surface area contributed by atoms with Crippen LogP contribution in [-0.2, 0) is 0 Å². The highest BCUT2D eigenvalue weighted by molar-refractivity contribution is 6.24. The maximum Gasteiger partial charge on any atom is 0.163 e. The molecule has 0 saturated heterocycles. The van der Waals surface area contributed by atoms with E-state index in [0.29, 0.717) is 6.42 Å². The Hall–Kier alpha value is -0.820. The Morgan fingerprint density at radius 2 is 1.47 bits per heavy atom. The average Bonchev–Trinajstić information content (AvgIpc) is 2.20. The summed E-state index contributed by atoms with van der Waals surface area (Å²) in [5.41, 5.74) is 4.04. The number of Topliss-reactive ketones (excluding diaryl/α,β-unsaturated/α-hetero) is 1. The molecule has 0 N–H and O–H groups in total. The van der Waals surface area contributed by atoms with Crippen LogP contribution in [-0.4, -0.2) is 10.7 Å². The van der Waals surface area contributed by atoms with E-state index in [0.717, 1.165) is 16.7 Å². The van der Waals surface area contributed by atoms with Crippen molar-refractivity contribution < 1.29 is 4.79 Å². The maximum absolute atomic E-state index is 12.5. The summed E-state index contributed by atoms with van der Waals surface area (Å²) in [5.74, 6) is 0.180. The number of ketones is 1. The minimum Gasteiger partial charge on any atom is -0.294 e. The van der Waals surface area contributed by atoms with E-state index in [1.807, 2.05) is 47.6 Å². The second-order valence-electron chi connectivity index (χ2n) is 6.71. The third-order valence-electron chi connectivity index (χ3n) is 4.35. The van der Waals surface area contributed by atoms with Gasteiger partial charge >= 0.3 is 0 Å². The summed E-state index contributed by atoms with van der Waals surface area (Å²) in [6, 6.07) is 4.09. The van der Waals surface area contributed by atoms with Gasteiger partial charge in [-0.1, -0.05) is 19.9 Å². The van der Waals surface area contributed by atoms with Gasteiger partial charge in [-0.15, -0.1) is 11.6 Å². The summed E-state index contributed by atoms with van der Waals surface area (Å²) < 4.78 is 0. The zero-order valence-corrected chi connectivity index (χ0v) is 13.9. The van der Waals surface area contributed by atoms with Gasteiger partial charge in [0.25, 0.3) is 0 Å². The van der Waals surface area contributed by atoms with Gasteiger partial charge in [0.05, 0.1) is 0 Å². The molecule has 0 bridgehead atoms. The molecular formula is C17H25ClO. The minimum absolute atomic E-state index is 0.180. The lowest BCUT2D eigenvalue weighted by Crippen LogP contribution is -2.35. The van der Waals surface area contributed by atoms with Gasteiger partial charge in [0.1, 0.15) is 0 Å². The van der Waals surface area contributed by atoms with Gasteiger partial charge in [0.2, 0.25) is 0 Å². The largest absolute Gasteiger partial charge is 0.294 e. The lowest BCUT2D eigenvalue weighted by molar-refractivity contribution is 0.0907. The number of hydrogen-bond acceptors (Lipinski definition) is 1. The first-order valence-electron chi connectivity index (χ1n) is 6.75. The Bertz CT molecular complexity index is 493. The first-order chi connectivity index (χ1) is 8.45. The number of alkyl halides is 1. The summed E-state index contributed by atoms with van der Waals surface area (Å²) in [5, 5.41) is 0. The highest BCUT2D eigenvalue weighted by Gasteiger charge is 2.37. The SMILES string of the molecule is Cc1cc(C)c(C(=O)CC(C)(C)C(C)(C)Cl)cc1C. The van der Waals surface area contributed by atoms with Crippen LogP contribution in [0.3, 0.4) is 0 Å². The van der Waals surface area contributed by atoms with Crippen LogP contribution in [0.15, 0.2) is 12.1 Å². The monoisotopic (exact) mass is 280 g/mol. The van der Waals surface area contributed by atoms with Crippen LogP contribution >= 0.6 is 11.6 Å². The molecule has 0 aliphatic rings. The molecule has 0 spiro atoms. The highest BCUT2D eigenvalue weighted by Crippen LogP contribution is 2.40. The van der Waals surface area contributed by atoms with Crippen LogP contribution in [0.5, 0.6) is 0 Å². The summed E-state index contributed by atoms with van der Waals surface area (Å²) in [6.07, 6.45) is 0.465. The fourth-order valence-corrected chi connectivity index (χ4v) is 2.03.